The number of carbonyl (C=O) groups is 1. The molecule has 1 aromatic carbocycles. The van der Waals surface area contributed by atoms with Gasteiger partial charge >= 0.3 is 0 Å². The number of amides is 1. The van der Waals surface area contributed by atoms with E-state index in [1.165, 1.54) is 5.57 Å². The number of benzene rings is 1. The van der Waals surface area contributed by atoms with Gasteiger partial charge in [-0.1, -0.05) is 30.7 Å². The topological polar surface area (TPSA) is 50.4 Å². The minimum Gasteiger partial charge on any atom is -0.495 e. The number of anilines is 1. The first-order chi connectivity index (χ1) is 10.7. The Morgan fingerprint density at radius 2 is 2.23 bits per heavy atom. The molecular formula is C18H22N2O2. The van der Waals surface area contributed by atoms with Crippen LogP contribution >= 0.6 is 0 Å². The van der Waals surface area contributed by atoms with Crippen molar-refractivity contribution in [2.75, 3.05) is 25.5 Å². The van der Waals surface area contributed by atoms with Crippen molar-refractivity contribution >= 4 is 17.2 Å². The molecule has 0 aliphatic carbocycles. The van der Waals surface area contributed by atoms with Gasteiger partial charge in [0.05, 0.1) is 12.8 Å². The molecule has 0 radical (unpaired) electrons. The van der Waals surface area contributed by atoms with Crippen molar-refractivity contribution in [2.45, 2.75) is 19.8 Å². The quantitative estimate of drug-likeness (QED) is 0.844. The van der Waals surface area contributed by atoms with E-state index in [0.29, 0.717) is 11.7 Å². The molecule has 2 N–H and O–H groups in total. The smallest absolute Gasteiger partial charge is 0.256 e. The van der Waals surface area contributed by atoms with Crippen LogP contribution < -0.4 is 15.4 Å². The molecule has 1 aromatic rings. The summed E-state index contributed by atoms with van der Waals surface area (Å²) >= 11 is 0. The van der Waals surface area contributed by atoms with Gasteiger partial charge in [0.2, 0.25) is 0 Å². The van der Waals surface area contributed by atoms with E-state index in [1.54, 1.807) is 7.11 Å². The summed E-state index contributed by atoms with van der Waals surface area (Å²) in [4.78, 5) is 12.2. The van der Waals surface area contributed by atoms with E-state index >= 15 is 0 Å². The molecule has 0 saturated carbocycles. The minimum atomic E-state index is -0.0571. The molecule has 4 nitrogen and oxygen atoms in total. The van der Waals surface area contributed by atoms with Crippen molar-refractivity contribution in [2.24, 2.45) is 5.92 Å². The molecule has 1 fully saturated rings. The molecule has 0 spiro atoms. The van der Waals surface area contributed by atoms with Gasteiger partial charge in [-0.05, 0) is 37.4 Å². The lowest BCUT2D eigenvalue weighted by Crippen LogP contribution is -2.31. The lowest BCUT2D eigenvalue weighted by molar-refractivity contribution is -0.110. The number of fused-ring (bicyclic) bond motifs is 1. The third-order valence-corrected chi connectivity index (χ3v) is 4.48. The van der Waals surface area contributed by atoms with Crippen LogP contribution in [0.3, 0.4) is 0 Å². The number of allylic oxidation sites excluding steroid dienone is 2. The zero-order chi connectivity index (χ0) is 15.5. The van der Waals surface area contributed by atoms with Gasteiger partial charge in [-0.3, -0.25) is 4.79 Å². The predicted molar refractivity (Wildman–Crippen MR) is 89.0 cm³/mol. The Balaban J connectivity index is 1.94. The minimum absolute atomic E-state index is 0.0571. The van der Waals surface area contributed by atoms with E-state index in [-0.39, 0.29) is 5.91 Å². The summed E-state index contributed by atoms with van der Waals surface area (Å²) in [5.74, 6) is 1.22. The standard InChI is InChI=1S/C18H22N2O2/c1-3-12-11-19-10-9-13(12)7-8-15-14-5-4-6-16(22-2)17(14)20-18(15)21/h4-8,12,19H,3,9-11H2,1-2H3,(H,20,21)/b13-7+,15-8+. The molecule has 1 amide bonds. The maximum Gasteiger partial charge on any atom is 0.256 e. The second kappa shape index (κ2) is 6.36. The average Bonchev–Trinajstić information content (AvgIpc) is 2.88. The zero-order valence-corrected chi connectivity index (χ0v) is 13.1. The van der Waals surface area contributed by atoms with E-state index in [1.807, 2.05) is 24.3 Å². The molecule has 0 aromatic heterocycles. The average molecular weight is 298 g/mol. The number of hydrogen-bond donors (Lipinski definition) is 2. The Morgan fingerprint density at radius 3 is 3.00 bits per heavy atom. The Labute approximate surface area is 131 Å². The highest BCUT2D eigenvalue weighted by Gasteiger charge is 2.26. The van der Waals surface area contributed by atoms with Crippen LogP contribution in [0.2, 0.25) is 0 Å². The van der Waals surface area contributed by atoms with Gasteiger partial charge < -0.3 is 15.4 Å². The fourth-order valence-electron chi connectivity index (χ4n) is 3.18. The van der Waals surface area contributed by atoms with Crippen LogP contribution in [0.1, 0.15) is 25.3 Å². The zero-order valence-electron chi connectivity index (χ0n) is 13.1. The Hall–Kier alpha value is -2.07. The largest absolute Gasteiger partial charge is 0.495 e. The van der Waals surface area contributed by atoms with Gasteiger partial charge in [0, 0.05) is 17.7 Å². The second-order valence-corrected chi connectivity index (χ2v) is 5.72. The van der Waals surface area contributed by atoms with Crippen molar-refractivity contribution in [3.63, 3.8) is 0 Å². The SMILES string of the molecule is CCC1CNCC/C1=C\C=C1\C(=O)Nc2c(OC)cccc21. The number of ether oxygens (including phenoxy) is 1. The second-order valence-electron chi connectivity index (χ2n) is 5.72. The van der Waals surface area contributed by atoms with Gasteiger partial charge in [-0.25, -0.2) is 0 Å². The molecule has 4 heteroatoms. The molecular weight excluding hydrogens is 276 g/mol. The normalized spacial score (nSPS) is 24.5. The number of methoxy groups -OCH3 is 1. The van der Waals surface area contributed by atoms with Gasteiger partial charge in [0.1, 0.15) is 5.75 Å². The Morgan fingerprint density at radius 1 is 1.36 bits per heavy atom. The van der Waals surface area contributed by atoms with E-state index < -0.39 is 0 Å². The third-order valence-electron chi connectivity index (χ3n) is 4.48. The number of piperidine rings is 1. The first kappa shape index (κ1) is 14.9. The maximum atomic E-state index is 12.2. The molecule has 3 rings (SSSR count). The Kier molecular flexibility index (Phi) is 4.29. The molecule has 1 atom stereocenters. The lowest BCUT2D eigenvalue weighted by Gasteiger charge is -2.25. The molecule has 22 heavy (non-hydrogen) atoms. The first-order valence-electron chi connectivity index (χ1n) is 7.84. The number of carbonyl (C=O) groups excluding carboxylic acids is 1. The molecule has 116 valence electrons. The molecule has 0 bridgehead atoms. The van der Waals surface area contributed by atoms with Gasteiger partial charge in [0.15, 0.2) is 0 Å². The summed E-state index contributed by atoms with van der Waals surface area (Å²) in [7, 11) is 1.62. The van der Waals surface area contributed by atoms with Gasteiger partial charge in [-0.2, -0.15) is 0 Å². The van der Waals surface area contributed by atoms with Gasteiger partial charge in [0.25, 0.3) is 5.91 Å². The summed E-state index contributed by atoms with van der Waals surface area (Å²) in [5, 5.41) is 6.33. The molecule has 1 saturated heterocycles. The van der Waals surface area contributed by atoms with Crippen molar-refractivity contribution in [3.05, 3.63) is 41.5 Å². The highest BCUT2D eigenvalue weighted by Crippen LogP contribution is 2.38. The maximum absolute atomic E-state index is 12.2. The van der Waals surface area contributed by atoms with E-state index in [4.69, 9.17) is 4.74 Å². The summed E-state index contributed by atoms with van der Waals surface area (Å²) in [6.45, 7) is 4.26. The van der Waals surface area contributed by atoms with E-state index in [0.717, 1.165) is 42.8 Å². The first-order valence-corrected chi connectivity index (χ1v) is 7.84. The number of rotatable bonds is 3. The van der Waals surface area contributed by atoms with E-state index in [2.05, 4.69) is 23.6 Å². The van der Waals surface area contributed by atoms with Crippen molar-refractivity contribution in [3.8, 4) is 5.75 Å². The van der Waals surface area contributed by atoms with Crippen LogP contribution in [0.4, 0.5) is 5.69 Å². The molecule has 2 aliphatic rings. The van der Waals surface area contributed by atoms with Crippen LogP contribution in [0.15, 0.2) is 35.9 Å². The highest BCUT2D eigenvalue weighted by molar-refractivity contribution is 6.32. The summed E-state index contributed by atoms with van der Waals surface area (Å²) in [6, 6.07) is 5.73. The van der Waals surface area contributed by atoms with Crippen LogP contribution in [-0.4, -0.2) is 26.1 Å². The summed E-state index contributed by atoms with van der Waals surface area (Å²) < 4.78 is 5.32. The van der Waals surface area contributed by atoms with E-state index in [9.17, 15) is 4.79 Å². The molecule has 1 unspecified atom stereocenters. The summed E-state index contributed by atoms with van der Waals surface area (Å²) in [6.07, 6.45) is 6.27. The van der Waals surface area contributed by atoms with Crippen LogP contribution in [0.25, 0.3) is 5.57 Å². The fraction of sp³-hybridized carbons (Fsp3) is 0.389. The van der Waals surface area contributed by atoms with Gasteiger partial charge in [-0.15, -0.1) is 0 Å². The van der Waals surface area contributed by atoms with Crippen LogP contribution in [-0.2, 0) is 4.79 Å². The third kappa shape index (κ3) is 2.66. The van der Waals surface area contributed by atoms with Crippen LogP contribution in [0, 0.1) is 5.92 Å². The van der Waals surface area contributed by atoms with Crippen molar-refractivity contribution in [1.29, 1.82) is 0 Å². The lowest BCUT2D eigenvalue weighted by atomic mass is 9.90. The van der Waals surface area contributed by atoms with Crippen molar-refractivity contribution < 1.29 is 9.53 Å². The number of para-hydroxylation sites is 1. The monoisotopic (exact) mass is 298 g/mol. The summed E-state index contributed by atoms with van der Waals surface area (Å²) in [5.41, 5.74) is 3.84. The predicted octanol–water partition coefficient (Wildman–Crippen LogP) is 2.98. The molecule has 2 heterocycles. The fourth-order valence-corrected chi connectivity index (χ4v) is 3.18. The Bertz CT molecular complexity index is 646. The molecule has 2 aliphatic heterocycles. The highest BCUT2D eigenvalue weighted by atomic mass is 16.5. The van der Waals surface area contributed by atoms with Crippen molar-refractivity contribution in [1.82, 2.24) is 5.32 Å². The number of hydrogen-bond acceptors (Lipinski definition) is 3. The number of nitrogens with one attached hydrogen (secondary N) is 2. The van der Waals surface area contributed by atoms with Crippen LogP contribution in [0.5, 0.6) is 5.75 Å².